The van der Waals surface area contributed by atoms with Crippen LogP contribution in [0.15, 0.2) is 22.8 Å². The van der Waals surface area contributed by atoms with E-state index in [0.29, 0.717) is 0 Å². The van der Waals surface area contributed by atoms with E-state index in [0.717, 1.165) is 0 Å². The highest BCUT2D eigenvalue weighted by atomic mass is 19.3. The highest BCUT2D eigenvalue weighted by molar-refractivity contribution is 5.75. The van der Waals surface area contributed by atoms with Crippen molar-refractivity contribution in [2.75, 3.05) is 0 Å². The van der Waals surface area contributed by atoms with Gasteiger partial charge in [0, 0.05) is 0 Å². The van der Waals surface area contributed by atoms with Gasteiger partial charge in [0.2, 0.25) is 0 Å². The zero-order valence-corrected chi connectivity index (χ0v) is 5.96. The van der Waals surface area contributed by atoms with Crippen LogP contribution in [0.3, 0.4) is 0 Å². The molecule has 1 aromatic heterocycles. The molecule has 1 heterocycles. The Morgan fingerprint density at radius 3 is 2.75 bits per heavy atom. The number of halogens is 2. The topological polar surface area (TPSA) is 50.4 Å². The van der Waals surface area contributed by atoms with Crippen LogP contribution in [-0.4, -0.2) is 17.0 Å². The minimum atomic E-state index is -3.75. The lowest BCUT2D eigenvalue weighted by Crippen LogP contribution is -2.30. The molecular weight excluding hydrogens is 170 g/mol. The molecule has 0 aromatic carbocycles. The highest BCUT2D eigenvalue weighted by Crippen LogP contribution is 2.20. The lowest BCUT2D eigenvalue weighted by molar-refractivity contribution is -0.164. The fraction of sp³-hybridized carbons (Fsp3) is 0.286. The maximum atomic E-state index is 12.5. The molecule has 0 saturated carbocycles. The van der Waals surface area contributed by atoms with Gasteiger partial charge in [-0.15, -0.1) is 0 Å². The van der Waals surface area contributed by atoms with Gasteiger partial charge in [-0.3, -0.25) is 0 Å². The van der Waals surface area contributed by atoms with Crippen LogP contribution in [0.1, 0.15) is 5.76 Å². The van der Waals surface area contributed by atoms with Crippen LogP contribution in [0.4, 0.5) is 8.78 Å². The second-order valence-corrected chi connectivity index (χ2v) is 2.27. The summed E-state index contributed by atoms with van der Waals surface area (Å²) >= 11 is 0. The van der Waals surface area contributed by atoms with E-state index >= 15 is 0 Å². The largest absolute Gasteiger partial charge is 0.477 e. The second kappa shape index (κ2) is 2.92. The SMILES string of the molecule is O=C(O)C(F)(F)Cc1ccco1. The van der Waals surface area contributed by atoms with Crippen molar-refractivity contribution >= 4 is 5.97 Å². The van der Waals surface area contributed by atoms with Gasteiger partial charge in [-0.1, -0.05) is 0 Å². The fourth-order valence-electron chi connectivity index (χ4n) is 0.708. The van der Waals surface area contributed by atoms with Crippen molar-refractivity contribution in [2.24, 2.45) is 0 Å². The molecule has 3 nitrogen and oxygen atoms in total. The summed E-state index contributed by atoms with van der Waals surface area (Å²) in [6.07, 6.45) is 0.308. The third-order valence-electron chi connectivity index (χ3n) is 1.29. The molecule has 0 amide bonds. The number of carbonyl (C=O) groups is 1. The van der Waals surface area contributed by atoms with E-state index in [4.69, 9.17) is 5.11 Å². The Kier molecular flexibility index (Phi) is 2.12. The summed E-state index contributed by atoms with van der Waals surface area (Å²) in [6.45, 7) is 0. The number of aliphatic carboxylic acids is 1. The lowest BCUT2D eigenvalue weighted by Gasteiger charge is -2.07. The van der Waals surface area contributed by atoms with Crippen molar-refractivity contribution < 1.29 is 23.1 Å². The van der Waals surface area contributed by atoms with E-state index in [-0.39, 0.29) is 5.76 Å². The molecule has 12 heavy (non-hydrogen) atoms. The van der Waals surface area contributed by atoms with Crippen LogP contribution < -0.4 is 0 Å². The summed E-state index contributed by atoms with van der Waals surface area (Å²) in [5, 5.41) is 8.05. The molecule has 0 atom stereocenters. The molecule has 0 spiro atoms. The molecule has 0 fully saturated rings. The minimum Gasteiger partial charge on any atom is -0.477 e. The van der Waals surface area contributed by atoms with Crippen molar-refractivity contribution in [3.05, 3.63) is 24.2 Å². The third-order valence-corrected chi connectivity index (χ3v) is 1.29. The second-order valence-electron chi connectivity index (χ2n) is 2.27. The molecule has 0 unspecified atom stereocenters. The van der Waals surface area contributed by atoms with Crippen LogP contribution in [0.2, 0.25) is 0 Å². The number of hydrogen-bond acceptors (Lipinski definition) is 2. The van der Waals surface area contributed by atoms with E-state index in [1.54, 1.807) is 0 Å². The summed E-state index contributed by atoms with van der Waals surface area (Å²) in [5.41, 5.74) is 0. The zero-order chi connectivity index (χ0) is 9.19. The van der Waals surface area contributed by atoms with Crippen molar-refractivity contribution in [1.29, 1.82) is 0 Å². The Bertz CT molecular complexity index is 266. The number of hydrogen-bond donors (Lipinski definition) is 1. The number of furan rings is 1. The predicted molar refractivity (Wildman–Crippen MR) is 35.0 cm³/mol. The standard InChI is InChI=1S/C7H6F2O3/c8-7(9,6(10)11)4-5-2-1-3-12-5/h1-3H,4H2,(H,10,11). The van der Waals surface area contributed by atoms with Crippen LogP contribution in [0, 0.1) is 0 Å². The summed E-state index contributed by atoms with van der Waals surface area (Å²) in [4.78, 5) is 9.96. The van der Waals surface area contributed by atoms with Gasteiger partial charge in [-0.2, -0.15) is 8.78 Å². The smallest absolute Gasteiger partial charge is 0.375 e. The van der Waals surface area contributed by atoms with Gasteiger partial charge in [0.25, 0.3) is 0 Å². The van der Waals surface area contributed by atoms with Crippen molar-refractivity contribution in [2.45, 2.75) is 12.3 Å². The molecule has 0 aliphatic rings. The highest BCUT2D eigenvalue weighted by Gasteiger charge is 2.39. The average Bonchev–Trinajstić information content (AvgIpc) is 2.38. The predicted octanol–water partition coefficient (Wildman–Crippen LogP) is 1.54. The van der Waals surface area contributed by atoms with Crippen LogP contribution in [0.5, 0.6) is 0 Å². The Balaban J connectivity index is 2.69. The third kappa shape index (κ3) is 1.81. The first-order valence-electron chi connectivity index (χ1n) is 3.16. The molecule has 0 aliphatic carbocycles. The van der Waals surface area contributed by atoms with Gasteiger partial charge in [0.15, 0.2) is 0 Å². The first-order valence-corrected chi connectivity index (χ1v) is 3.16. The number of rotatable bonds is 3. The van der Waals surface area contributed by atoms with E-state index < -0.39 is 18.3 Å². The Labute approximate surface area is 66.6 Å². The van der Waals surface area contributed by atoms with Crippen molar-refractivity contribution in [1.82, 2.24) is 0 Å². The van der Waals surface area contributed by atoms with Gasteiger partial charge >= 0.3 is 11.9 Å². The molecule has 66 valence electrons. The van der Waals surface area contributed by atoms with E-state index in [9.17, 15) is 13.6 Å². The minimum absolute atomic E-state index is 0.0394. The monoisotopic (exact) mass is 176 g/mol. The van der Waals surface area contributed by atoms with Gasteiger partial charge in [-0.05, 0) is 12.1 Å². The summed E-state index contributed by atoms with van der Waals surface area (Å²) in [6, 6.07) is 2.73. The van der Waals surface area contributed by atoms with Gasteiger partial charge in [0.1, 0.15) is 5.76 Å². The van der Waals surface area contributed by atoms with Gasteiger partial charge in [-0.25, -0.2) is 4.79 Å². The number of carboxylic acid groups (broad SMARTS) is 1. The molecule has 0 aliphatic heterocycles. The Hall–Kier alpha value is -1.39. The zero-order valence-electron chi connectivity index (χ0n) is 5.96. The fourth-order valence-corrected chi connectivity index (χ4v) is 0.708. The molecule has 0 radical (unpaired) electrons. The average molecular weight is 176 g/mol. The van der Waals surface area contributed by atoms with Crippen LogP contribution in [0.25, 0.3) is 0 Å². The van der Waals surface area contributed by atoms with Crippen LogP contribution >= 0.6 is 0 Å². The number of alkyl halides is 2. The molecular formula is C7H6F2O3. The molecule has 1 rings (SSSR count). The molecule has 0 bridgehead atoms. The van der Waals surface area contributed by atoms with Crippen LogP contribution in [-0.2, 0) is 11.2 Å². The summed E-state index contributed by atoms with van der Waals surface area (Å²) in [5.74, 6) is -5.93. The van der Waals surface area contributed by atoms with Gasteiger partial charge < -0.3 is 9.52 Å². The van der Waals surface area contributed by atoms with E-state index in [1.165, 1.54) is 18.4 Å². The van der Waals surface area contributed by atoms with Crippen molar-refractivity contribution in [3.8, 4) is 0 Å². The number of carboxylic acids is 1. The molecule has 5 heteroatoms. The quantitative estimate of drug-likeness (QED) is 0.759. The van der Waals surface area contributed by atoms with E-state index in [2.05, 4.69) is 4.42 Å². The van der Waals surface area contributed by atoms with Crippen molar-refractivity contribution in [3.63, 3.8) is 0 Å². The first-order chi connectivity index (χ1) is 5.52. The maximum Gasteiger partial charge on any atom is 0.375 e. The molecule has 1 N–H and O–H groups in total. The lowest BCUT2D eigenvalue weighted by atomic mass is 10.2. The van der Waals surface area contributed by atoms with Gasteiger partial charge in [0.05, 0.1) is 12.7 Å². The first kappa shape index (κ1) is 8.70. The summed E-state index contributed by atoms with van der Waals surface area (Å²) in [7, 11) is 0. The van der Waals surface area contributed by atoms with E-state index in [1.807, 2.05) is 0 Å². The molecule has 1 aromatic rings. The maximum absolute atomic E-state index is 12.5. The molecule has 0 saturated heterocycles. The summed E-state index contributed by atoms with van der Waals surface area (Å²) < 4.78 is 29.5. The normalized spacial score (nSPS) is 11.5. The Morgan fingerprint density at radius 2 is 2.33 bits per heavy atom. The Morgan fingerprint density at radius 1 is 1.67 bits per heavy atom.